The third-order valence-electron chi connectivity index (χ3n) is 10.1. The van der Waals surface area contributed by atoms with Crippen molar-refractivity contribution in [2.45, 2.75) is 92.4 Å². The average molecular weight is 844 g/mol. The van der Waals surface area contributed by atoms with E-state index >= 15 is 0 Å². The third kappa shape index (κ3) is 6.50. The van der Waals surface area contributed by atoms with Crippen LogP contribution in [0.15, 0.2) is 84.6 Å². The Bertz CT molecular complexity index is 2230. The Morgan fingerprint density at radius 2 is 1.56 bits per heavy atom. The van der Waals surface area contributed by atoms with Crippen LogP contribution in [0.5, 0.6) is 11.5 Å². The number of para-hydroxylation sites is 1. The molecule has 1 unspecified atom stereocenters. The molecule has 0 amide bonds. The summed E-state index contributed by atoms with van der Waals surface area (Å²) in [6, 6.07) is 30.1. The van der Waals surface area contributed by atoms with Crippen LogP contribution in [-0.4, -0.2) is 19.3 Å². The van der Waals surface area contributed by atoms with Crippen molar-refractivity contribution in [3.63, 3.8) is 0 Å². The SMILES string of the molecule is CC1=C[C@H](C)C[C@H](C)C1c1c(C)nn(-c2[c-]c(Oc3[c-]c4c(cc3)c3ccccc3n4-c3cc(C(C)(C)C)ccn3)ccc2)c1C(C)(C)C.[Pt+2]. The molecule has 50 heavy (non-hydrogen) atoms. The van der Waals surface area contributed by atoms with E-state index in [4.69, 9.17) is 14.8 Å². The Morgan fingerprint density at radius 3 is 2.28 bits per heavy atom. The number of ether oxygens (including phenoxy) is 1. The van der Waals surface area contributed by atoms with E-state index < -0.39 is 0 Å². The summed E-state index contributed by atoms with van der Waals surface area (Å²) in [5.41, 5.74) is 9.11. The van der Waals surface area contributed by atoms with Crippen LogP contribution in [0.4, 0.5) is 0 Å². The van der Waals surface area contributed by atoms with E-state index in [9.17, 15) is 0 Å². The number of nitrogens with zero attached hydrogens (tertiary/aromatic N) is 4. The molecular weight excluding hydrogens is 796 g/mol. The Hall–Kier alpha value is -3.95. The van der Waals surface area contributed by atoms with Crippen LogP contribution in [0.3, 0.4) is 0 Å². The number of aryl methyl sites for hydroxylation is 1. The summed E-state index contributed by atoms with van der Waals surface area (Å²) in [5.74, 6) is 3.61. The smallest absolute Gasteiger partial charge is 0.509 e. The van der Waals surface area contributed by atoms with Gasteiger partial charge in [0.05, 0.1) is 11.4 Å². The first-order valence-corrected chi connectivity index (χ1v) is 17.6. The van der Waals surface area contributed by atoms with Gasteiger partial charge >= 0.3 is 21.1 Å². The second-order valence-electron chi connectivity index (χ2n) is 16.2. The molecule has 260 valence electrons. The molecule has 7 rings (SSSR count). The second-order valence-corrected chi connectivity index (χ2v) is 16.2. The van der Waals surface area contributed by atoms with Gasteiger partial charge in [0.1, 0.15) is 5.82 Å². The molecule has 0 aliphatic heterocycles. The van der Waals surface area contributed by atoms with Gasteiger partial charge in [0.15, 0.2) is 0 Å². The molecule has 5 nitrogen and oxygen atoms in total. The minimum atomic E-state index is -0.130. The maximum Gasteiger partial charge on any atom is 2.00 e. The molecule has 3 aromatic heterocycles. The fraction of sp³-hybridized carbons (Fsp3) is 0.364. The topological polar surface area (TPSA) is 44.9 Å². The minimum Gasteiger partial charge on any atom is -0.509 e. The monoisotopic (exact) mass is 843 g/mol. The van der Waals surface area contributed by atoms with E-state index in [2.05, 4.69) is 145 Å². The number of rotatable bonds is 5. The predicted molar refractivity (Wildman–Crippen MR) is 201 cm³/mol. The molecule has 3 atom stereocenters. The van der Waals surface area contributed by atoms with Crippen molar-refractivity contribution in [3.8, 4) is 23.0 Å². The van der Waals surface area contributed by atoms with Crippen molar-refractivity contribution < 1.29 is 25.8 Å². The molecule has 0 bridgehead atoms. The third-order valence-corrected chi connectivity index (χ3v) is 10.1. The van der Waals surface area contributed by atoms with E-state index in [1.54, 1.807) is 0 Å². The fourth-order valence-corrected chi connectivity index (χ4v) is 8.03. The van der Waals surface area contributed by atoms with Crippen molar-refractivity contribution in [2.75, 3.05) is 0 Å². The van der Waals surface area contributed by atoms with Gasteiger partial charge in [0.2, 0.25) is 0 Å². The molecule has 0 spiro atoms. The second kappa shape index (κ2) is 13.3. The van der Waals surface area contributed by atoms with Crippen LogP contribution >= 0.6 is 0 Å². The van der Waals surface area contributed by atoms with Gasteiger partial charge in [0, 0.05) is 40.1 Å². The first kappa shape index (κ1) is 35.9. The summed E-state index contributed by atoms with van der Waals surface area (Å²) in [6.45, 7) is 22.7. The Balaban J connectivity index is 0.00000432. The van der Waals surface area contributed by atoms with Gasteiger partial charge < -0.3 is 9.30 Å². The number of fused-ring (bicyclic) bond motifs is 3. The van der Waals surface area contributed by atoms with E-state index in [1.165, 1.54) is 28.8 Å². The molecule has 6 aromatic rings. The Morgan fingerprint density at radius 1 is 0.820 bits per heavy atom. The van der Waals surface area contributed by atoms with Gasteiger partial charge in [0.25, 0.3) is 0 Å². The number of pyridine rings is 1. The van der Waals surface area contributed by atoms with Crippen LogP contribution in [0.2, 0.25) is 0 Å². The summed E-state index contributed by atoms with van der Waals surface area (Å²) in [4.78, 5) is 4.82. The molecule has 0 radical (unpaired) electrons. The van der Waals surface area contributed by atoms with E-state index in [0.29, 0.717) is 29.3 Å². The van der Waals surface area contributed by atoms with Crippen molar-refractivity contribution in [2.24, 2.45) is 11.8 Å². The Labute approximate surface area is 312 Å². The van der Waals surface area contributed by atoms with Crippen molar-refractivity contribution in [3.05, 3.63) is 119 Å². The average Bonchev–Trinajstić information content (AvgIpc) is 3.55. The maximum atomic E-state index is 6.54. The molecule has 1 aliphatic carbocycles. The van der Waals surface area contributed by atoms with Crippen LogP contribution < -0.4 is 4.74 Å². The van der Waals surface area contributed by atoms with Crippen molar-refractivity contribution in [1.29, 1.82) is 0 Å². The number of benzene rings is 3. The summed E-state index contributed by atoms with van der Waals surface area (Å²) in [5, 5.41) is 7.44. The zero-order chi connectivity index (χ0) is 34.8. The molecule has 3 aromatic carbocycles. The maximum absolute atomic E-state index is 6.54. The Kier molecular flexibility index (Phi) is 9.54. The number of hydrogen-bond donors (Lipinski definition) is 0. The fourth-order valence-electron chi connectivity index (χ4n) is 8.03. The number of aromatic nitrogens is 4. The van der Waals surface area contributed by atoms with Gasteiger partial charge in [-0.25, -0.2) is 4.98 Å². The van der Waals surface area contributed by atoms with Crippen LogP contribution in [-0.2, 0) is 31.9 Å². The first-order chi connectivity index (χ1) is 23.2. The summed E-state index contributed by atoms with van der Waals surface area (Å²) in [7, 11) is 0. The molecular formula is C44H48N4OPt. The molecule has 0 saturated carbocycles. The zero-order valence-electron chi connectivity index (χ0n) is 31.0. The van der Waals surface area contributed by atoms with Crippen LogP contribution in [0.1, 0.15) is 97.2 Å². The normalized spacial score (nSPS) is 18.3. The van der Waals surface area contributed by atoms with Crippen molar-refractivity contribution >= 4 is 21.8 Å². The molecule has 0 saturated heterocycles. The summed E-state index contributed by atoms with van der Waals surface area (Å²) >= 11 is 0. The molecule has 0 N–H and O–H groups in total. The van der Waals surface area contributed by atoms with Gasteiger partial charge in [-0.15, -0.1) is 35.7 Å². The molecule has 1 aliphatic rings. The predicted octanol–water partition coefficient (Wildman–Crippen LogP) is 11.4. The van der Waals surface area contributed by atoms with Gasteiger partial charge in [-0.3, -0.25) is 4.68 Å². The quantitative estimate of drug-likeness (QED) is 0.128. The number of allylic oxidation sites excluding steroid dienone is 2. The van der Waals surface area contributed by atoms with Crippen LogP contribution in [0.25, 0.3) is 33.3 Å². The summed E-state index contributed by atoms with van der Waals surface area (Å²) in [6.07, 6.45) is 5.54. The van der Waals surface area contributed by atoms with E-state index in [1.807, 2.05) is 24.4 Å². The minimum absolute atomic E-state index is 0. The van der Waals surface area contributed by atoms with Gasteiger partial charge in [-0.1, -0.05) is 90.8 Å². The standard InChI is InChI=1S/C44H48N4O.Pt/c1-27-22-28(2)40(29(3)23-27)41-30(4)46-48(42(41)44(8,9)10)32-14-13-15-33(25-32)49-34-18-19-36-35-16-11-12-17-37(35)47(38(36)26-34)39-24-31(20-21-45-39)43(5,6)7;/h11-22,24,27,29,40H,23H2,1-10H3;/q-2;+2/t27-,29-,40?;/m0./s1. The van der Waals surface area contributed by atoms with Gasteiger partial charge in [-0.2, -0.15) is 17.2 Å². The number of hydrogen-bond acceptors (Lipinski definition) is 3. The van der Waals surface area contributed by atoms with Crippen LogP contribution in [0, 0.1) is 30.9 Å². The van der Waals surface area contributed by atoms with Gasteiger partial charge in [-0.05, 0) is 72.4 Å². The van der Waals surface area contributed by atoms with E-state index in [-0.39, 0.29) is 31.9 Å². The van der Waals surface area contributed by atoms with E-state index in [0.717, 1.165) is 39.0 Å². The zero-order valence-corrected chi connectivity index (χ0v) is 33.2. The summed E-state index contributed by atoms with van der Waals surface area (Å²) < 4.78 is 10.8. The molecule has 3 heterocycles. The van der Waals surface area contributed by atoms with Crippen molar-refractivity contribution in [1.82, 2.24) is 19.3 Å². The largest absolute Gasteiger partial charge is 2.00 e. The molecule has 0 fully saturated rings. The first-order valence-electron chi connectivity index (χ1n) is 17.6. The molecule has 6 heteroatoms.